The molecule has 0 bridgehead atoms. The zero-order valence-corrected chi connectivity index (χ0v) is 17.7. The lowest BCUT2D eigenvalue weighted by atomic mass is 9.37. The van der Waals surface area contributed by atoms with Crippen LogP contribution in [0.2, 0.25) is 0 Å². The van der Waals surface area contributed by atoms with Crippen molar-refractivity contribution in [3.05, 3.63) is 109 Å². The lowest BCUT2D eigenvalue weighted by Gasteiger charge is -2.24. The topological polar surface area (TPSA) is 35.3 Å². The molecule has 1 aliphatic heterocycles. The first-order valence-electron chi connectivity index (χ1n) is 11.1. The highest BCUT2D eigenvalue weighted by Gasteiger charge is 2.39. The fourth-order valence-electron chi connectivity index (χ4n) is 5.00. The molecule has 154 valence electrons. The number of pyridine rings is 1. The summed E-state index contributed by atoms with van der Waals surface area (Å²) in [5.74, 6) is 1.67. The molecular formula is C29H18BNO2. The van der Waals surface area contributed by atoms with Crippen molar-refractivity contribution in [2.24, 2.45) is 0 Å². The summed E-state index contributed by atoms with van der Waals surface area (Å²) in [5, 5.41) is 3.34. The van der Waals surface area contributed by atoms with Crippen LogP contribution in [-0.4, -0.2) is 11.7 Å². The van der Waals surface area contributed by atoms with Crippen LogP contribution in [0.4, 0.5) is 0 Å². The molecule has 3 heterocycles. The van der Waals surface area contributed by atoms with E-state index in [-0.39, 0.29) is 6.71 Å². The van der Waals surface area contributed by atoms with E-state index in [9.17, 15) is 0 Å². The Morgan fingerprint density at radius 3 is 2.36 bits per heavy atom. The predicted octanol–water partition coefficient (Wildman–Crippen LogP) is 5.27. The Hall–Kier alpha value is -4.31. The zero-order valence-electron chi connectivity index (χ0n) is 17.7. The molecule has 4 aromatic carbocycles. The summed E-state index contributed by atoms with van der Waals surface area (Å²) < 4.78 is 13.3. The van der Waals surface area contributed by atoms with Crippen molar-refractivity contribution in [2.75, 3.05) is 0 Å². The second-order valence-corrected chi connectivity index (χ2v) is 8.34. The smallest absolute Gasteiger partial charge is 0.297 e. The molecule has 33 heavy (non-hydrogen) atoms. The van der Waals surface area contributed by atoms with Gasteiger partial charge in [0.2, 0.25) is 0 Å². The van der Waals surface area contributed by atoms with Crippen molar-refractivity contribution in [1.29, 1.82) is 0 Å². The lowest BCUT2D eigenvalue weighted by molar-refractivity contribution is 0.483. The predicted molar refractivity (Wildman–Crippen MR) is 135 cm³/mol. The zero-order chi connectivity index (χ0) is 21.8. The van der Waals surface area contributed by atoms with Crippen LogP contribution in [0.25, 0.3) is 33.0 Å². The molecule has 2 aromatic heterocycles. The number of furan rings is 1. The van der Waals surface area contributed by atoms with Crippen molar-refractivity contribution < 1.29 is 9.15 Å². The van der Waals surface area contributed by atoms with Gasteiger partial charge in [0.1, 0.15) is 17.0 Å². The molecule has 0 atom stereocenters. The molecule has 0 aliphatic carbocycles. The average Bonchev–Trinajstić information content (AvgIpc) is 3.26. The van der Waals surface area contributed by atoms with Crippen LogP contribution in [0.15, 0.2) is 114 Å². The largest absolute Gasteiger partial charge is 0.466 e. The van der Waals surface area contributed by atoms with Crippen LogP contribution in [-0.2, 0) is 0 Å². The maximum absolute atomic E-state index is 6.68. The summed E-state index contributed by atoms with van der Waals surface area (Å²) in [5.41, 5.74) is 5.81. The van der Waals surface area contributed by atoms with E-state index in [0.717, 1.165) is 44.8 Å². The van der Waals surface area contributed by atoms with Crippen LogP contribution in [0.3, 0.4) is 0 Å². The number of nitrogens with zero attached hydrogens (tertiary/aromatic N) is 1. The third kappa shape index (κ3) is 2.74. The third-order valence-electron chi connectivity index (χ3n) is 6.46. The van der Waals surface area contributed by atoms with E-state index in [1.807, 2.05) is 36.5 Å². The highest BCUT2D eigenvalue weighted by molar-refractivity contribution is 6.97. The minimum atomic E-state index is -0.0694. The van der Waals surface area contributed by atoms with Gasteiger partial charge >= 0.3 is 0 Å². The Bertz CT molecular complexity index is 1640. The van der Waals surface area contributed by atoms with Crippen molar-refractivity contribution in [2.45, 2.75) is 0 Å². The number of aromatic nitrogens is 1. The molecule has 0 N–H and O–H groups in total. The molecule has 3 nitrogen and oxygen atoms in total. The molecule has 0 amide bonds. The van der Waals surface area contributed by atoms with Crippen molar-refractivity contribution in [1.82, 2.24) is 4.98 Å². The van der Waals surface area contributed by atoms with Crippen LogP contribution in [0.5, 0.6) is 11.5 Å². The van der Waals surface area contributed by atoms with E-state index in [4.69, 9.17) is 9.15 Å². The standard InChI is InChI=1S/C29H18BNO2/c1-2-10-20(11-3-1)30-26-21-12-5-4-9-19(21)16-17-25(26)32-28-23-14-8-13-22(27(23)33-29(28)30)24-15-6-7-18-31-24/h1-18H. The van der Waals surface area contributed by atoms with E-state index in [2.05, 4.69) is 77.8 Å². The maximum atomic E-state index is 6.68. The number of ether oxygens (including phenoxy) is 1. The summed E-state index contributed by atoms with van der Waals surface area (Å²) >= 11 is 0. The normalized spacial score (nSPS) is 12.4. The highest BCUT2D eigenvalue weighted by atomic mass is 16.5. The maximum Gasteiger partial charge on any atom is 0.297 e. The molecule has 0 fully saturated rings. The molecule has 0 spiro atoms. The Kier molecular flexibility index (Phi) is 3.94. The minimum Gasteiger partial charge on any atom is -0.466 e. The number of rotatable bonds is 2. The SMILES string of the molecule is c1ccc(B2c3oc4c(-c5ccccn5)cccc4c3Oc3ccc4ccccc4c32)cc1. The summed E-state index contributed by atoms with van der Waals surface area (Å²) in [6.45, 7) is -0.0694. The monoisotopic (exact) mass is 423 g/mol. The minimum absolute atomic E-state index is 0.0694. The summed E-state index contributed by atoms with van der Waals surface area (Å²) in [6.07, 6.45) is 1.81. The first kappa shape index (κ1) is 18.3. The van der Waals surface area contributed by atoms with E-state index in [1.165, 1.54) is 16.2 Å². The fraction of sp³-hybridized carbons (Fsp3) is 0. The number of fused-ring (bicyclic) bond motifs is 6. The van der Waals surface area contributed by atoms with Crippen molar-refractivity contribution in [3.63, 3.8) is 0 Å². The Morgan fingerprint density at radius 1 is 0.667 bits per heavy atom. The molecule has 4 heteroatoms. The van der Waals surface area contributed by atoms with Gasteiger partial charge in [-0.05, 0) is 46.6 Å². The summed E-state index contributed by atoms with van der Waals surface area (Å²) in [7, 11) is 0. The number of hydrogen-bond donors (Lipinski definition) is 0. The summed E-state index contributed by atoms with van der Waals surface area (Å²) in [4.78, 5) is 4.56. The van der Waals surface area contributed by atoms with Crippen molar-refractivity contribution in [3.8, 4) is 22.8 Å². The summed E-state index contributed by atoms with van der Waals surface area (Å²) in [6, 6.07) is 35.3. The van der Waals surface area contributed by atoms with E-state index < -0.39 is 0 Å². The number of para-hydroxylation sites is 1. The second kappa shape index (κ2) is 7.11. The van der Waals surface area contributed by atoms with Gasteiger partial charge < -0.3 is 9.15 Å². The van der Waals surface area contributed by atoms with Gasteiger partial charge in [-0.25, -0.2) is 0 Å². The molecule has 6 aromatic rings. The van der Waals surface area contributed by atoms with Gasteiger partial charge in [0.25, 0.3) is 6.71 Å². The van der Waals surface area contributed by atoms with Crippen molar-refractivity contribution >= 4 is 45.0 Å². The number of hydrogen-bond acceptors (Lipinski definition) is 3. The van der Waals surface area contributed by atoms with Gasteiger partial charge in [0, 0.05) is 11.8 Å². The lowest BCUT2D eigenvalue weighted by Crippen LogP contribution is -2.54. The Balaban J connectivity index is 1.56. The molecule has 0 saturated heterocycles. The van der Waals surface area contributed by atoms with Crippen LogP contribution in [0, 0.1) is 0 Å². The highest BCUT2D eigenvalue weighted by Crippen LogP contribution is 2.38. The van der Waals surface area contributed by atoms with E-state index >= 15 is 0 Å². The second-order valence-electron chi connectivity index (χ2n) is 8.34. The quantitative estimate of drug-likeness (QED) is 0.356. The molecule has 1 aliphatic rings. The molecular weight excluding hydrogens is 405 g/mol. The van der Waals surface area contributed by atoms with Gasteiger partial charge in [-0.2, -0.15) is 0 Å². The van der Waals surface area contributed by atoms with Gasteiger partial charge in [0.15, 0.2) is 5.75 Å². The van der Waals surface area contributed by atoms with E-state index in [0.29, 0.717) is 0 Å². The third-order valence-corrected chi connectivity index (χ3v) is 6.46. The Labute approximate surface area is 191 Å². The Morgan fingerprint density at radius 2 is 1.48 bits per heavy atom. The van der Waals surface area contributed by atoms with Crippen LogP contribution in [0.1, 0.15) is 0 Å². The molecule has 0 radical (unpaired) electrons. The van der Waals surface area contributed by atoms with Crippen LogP contribution >= 0.6 is 0 Å². The molecule has 0 unspecified atom stereocenters. The molecule has 7 rings (SSSR count). The first-order chi connectivity index (χ1) is 16.4. The van der Waals surface area contributed by atoms with Gasteiger partial charge in [-0.3, -0.25) is 4.98 Å². The van der Waals surface area contributed by atoms with E-state index in [1.54, 1.807) is 0 Å². The molecule has 0 saturated carbocycles. The van der Waals surface area contributed by atoms with Crippen LogP contribution < -0.4 is 21.3 Å². The first-order valence-corrected chi connectivity index (χ1v) is 11.1. The van der Waals surface area contributed by atoms with Gasteiger partial charge in [-0.1, -0.05) is 78.3 Å². The van der Waals surface area contributed by atoms with Gasteiger partial charge in [0.05, 0.1) is 11.1 Å². The number of benzene rings is 4. The average molecular weight is 423 g/mol. The fourth-order valence-corrected chi connectivity index (χ4v) is 5.00. The van der Waals surface area contributed by atoms with Gasteiger partial charge in [-0.15, -0.1) is 0 Å².